The van der Waals surface area contributed by atoms with Crippen LogP contribution in [0.1, 0.15) is 44.0 Å². The van der Waals surface area contributed by atoms with E-state index in [9.17, 15) is 24.0 Å². The third-order valence-corrected chi connectivity index (χ3v) is 5.15. The standard InChI is InChI=1S/C21H27ClN4O5/c1-21(2,3)20(31)26-14-6-5-12(22)10-13(14)18(29)25-15(16(27)19(30)23-4)9-11-7-8-24-17(11)28/h5-6,10-11,15H,7-9H2,1-4H3,(H,23,30)(H,24,28)(H,25,29)(H,26,31)/t11-,15-/m0/s1. The molecule has 1 heterocycles. The molecular formula is C21H27ClN4O5. The van der Waals surface area contributed by atoms with E-state index in [0.717, 1.165) is 0 Å². The number of halogens is 1. The molecule has 1 fully saturated rings. The van der Waals surface area contributed by atoms with Crippen LogP contribution in [0.25, 0.3) is 0 Å². The summed E-state index contributed by atoms with van der Waals surface area (Å²) >= 11 is 6.04. The number of hydrogen-bond acceptors (Lipinski definition) is 5. The minimum atomic E-state index is -1.22. The molecule has 1 aliphatic heterocycles. The number of benzene rings is 1. The minimum absolute atomic E-state index is 0.0198. The van der Waals surface area contributed by atoms with Crippen molar-refractivity contribution in [3.8, 4) is 0 Å². The van der Waals surface area contributed by atoms with Crippen LogP contribution in [-0.2, 0) is 19.2 Å². The maximum Gasteiger partial charge on any atom is 0.289 e. The summed E-state index contributed by atoms with van der Waals surface area (Å²) in [6.45, 7) is 5.64. The fraction of sp³-hybridized carbons (Fsp3) is 0.476. The van der Waals surface area contributed by atoms with Gasteiger partial charge in [-0.05, 0) is 31.0 Å². The van der Waals surface area contributed by atoms with E-state index in [4.69, 9.17) is 11.6 Å². The number of nitrogens with one attached hydrogen (secondary N) is 4. The number of carbonyl (C=O) groups excluding carboxylic acids is 5. The highest BCUT2D eigenvalue weighted by molar-refractivity contribution is 6.38. The molecule has 4 amide bonds. The fourth-order valence-corrected chi connectivity index (χ4v) is 3.20. The Hall–Kier alpha value is -2.94. The minimum Gasteiger partial charge on any atom is -0.356 e. The normalized spacial score (nSPS) is 16.8. The van der Waals surface area contributed by atoms with Crippen molar-refractivity contribution < 1.29 is 24.0 Å². The van der Waals surface area contributed by atoms with Gasteiger partial charge in [0, 0.05) is 29.9 Å². The Bertz CT molecular complexity index is 910. The molecular weight excluding hydrogens is 424 g/mol. The number of ketones is 1. The quantitative estimate of drug-likeness (QED) is 0.464. The Morgan fingerprint density at radius 1 is 1.23 bits per heavy atom. The SMILES string of the molecule is CNC(=O)C(=O)[C@H](C[C@@H]1CCNC1=O)NC(=O)c1cc(Cl)ccc1NC(=O)C(C)(C)C. The van der Waals surface area contributed by atoms with Crippen molar-refractivity contribution >= 4 is 46.7 Å². The molecule has 1 saturated heterocycles. The summed E-state index contributed by atoms with van der Waals surface area (Å²) in [7, 11) is 1.30. The Labute approximate surface area is 185 Å². The number of Topliss-reactive ketones (excluding diaryl/α,β-unsaturated/α-hetero) is 1. The number of hydrogen-bond donors (Lipinski definition) is 4. The monoisotopic (exact) mass is 450 g/mol. The van der Waals surface area contributed by atoms with E-state index >= 15 is 0 Å². The molecule has 10 heteroatoms. The molecule has 0 aliphatic carbocycles. The largest absolute Gasteiger partial charge is 0.356 e. The highest BCUT2D eigenvalue weighted by atomic mass is 35.5. The molecule has 0 unspecified atom stereocenters. The molecule has 1 aromatic carbocycles. The van der Waals surface area contributed by atoms with E-state index in [1.165, 1.54) is 25.2 Å². The van der Waals surface area contributed by atoms with Gasteiger partial charge in [0.25, 0.3) is 11.8 Å². The van der Waals surface area contributed by atoms with Crippen LogP contribution in [0.5, 0.6) is 0 Å². The molecule has 4 N–H and O–H groups in total. The van der Waals surface area contributed by atoms with Gasteiger partial charge in [-0.15, -0.1) is 0 Å². The summed E-state index contributed by atoms with van der Waals surface area (Å²) in [5.74, 6) is -3.49. The zero-order valence-corrected chi connectivity index (χ0v) is 18.7. The van der Waals surface area contributed by atoms with Crippen LogP contribution in [0.2, 0.25) is 5.02 Å². The molecule has 2 atom stereocenters. The highest BCUT2D eigenvalue weighted by Crippen LogP contribution is 2.24. The van der Waals surface area contributed by atoms with Crippen LogP contribution in [0, 0.1) is 11.3 Å². The third kappa shape index (κ3) is 6.27. The van der Waals surface area contributed by atoms with Crippen molar-refractivity contribution in [3.05, 3.63) is 28.8 Å². The predicted octanol–water partition coefficient (Wildman–Crippen LogP) is 1.26. The average Bonchev–Trinajstić information content (AvgIpc) is 3.11. The van der Waals surface area contributed by atoms with Gasteiger partial charge in [0.2, 0.25) is 17.6 Å². The number of likely N-dealkylation sites (N-methyl/N-ethyl adjacent to an activating group) is 1. The first kappa shape index (κ1) is 24.3. The van der Waals surface area contributed by atoms with Crippen LogP contribution in [0.4, 0.5) is 5.69 Å². The lowest BCUT2D eigenvalue weighted by atomic mass is 9.94. The summed E-state index contributed by atoms with van der Waals surface area (Å²) in [6.07, 6.45) is 0.477. The zero-order valence-electron chi connectivity index (χ0n) is 17.9. The second-order valence-electron chi connectivity index (χ2n) is 8.38. The molecule has 31 heavy (non-hydrogen) atoms. The average molecular weight is 451 g/mol. The van der Waals surface area contributed by atoms with Gasteiger partial charge in [-0.25, -0.2) is 0 Å². The Morgan fingerprint density at radius 3 is 2.45 bits per heavy atom. The second-order valence-corrected chi connectivity index (χ2v) is 8.81. The van der Waals surface area contributed by atoms with E-state index in [-0.39, 0.29) is 34.5 Å². The Morgan fingerprint density at radius 2 is 1.90 bits per heavy atom. The number of carbonyl (C=O) groups is 5. The smallest absolute Gasteiger partial charge is 0.289 e. The van der Waals surface area contributed by atoms with Crippen LogP contribution < -0.4 is 21.3 Å². The summed E-state index contributed by atoms with van der Waals surface area (Å²) in [6, 6.07) is 3.15. The van der Waals surface area contributed by atoms with E-state index < -0.39 is 35.0 Å². The van der Waals surface area contributed by atoms with E-state index in [1.807, 2.05) is 0 Å². The summed E-state index contributed by atoms with van der Waals surface area (Å²) in [5.41, 5.74) is -0.455. The molecule has 2 rings (SSSR count). The van der Waals surface area contributed by atoms with E-state index in [1.54, 1.807) is 20.8 Å². The topological polar surface area (TPSA) is 133 Å². The van der Waals surface area contributed by atoms with E-state index in [0.29, 0.717) is 13.0 Å². The van der Waals surface area contributed by atoms with Gasteiger partial charge in [-0.2, -0.15) is 0 Å². The number of rotatable bonds is 7. The molecule has 1 aromatic rings. The first-order chi connectivity index (χ1) is 14.4. The van der Waals surface area contributed by atoms with Crippen molar-refractivity contribution in [2.45, 2.75) is 39.7 Å². The van der Waals surface area contributed by atoms with Gasteiger partial charge in [0.05, 0.1) is 17.3 Å². The summed E-state index contributed by atoms with van der Waals surface area (Å²) in [4.78, 5) is 61.8. The lowest BCUT2D eigenvalue weighted by Gasteiger charge is -2.22. The first-order valence-corrected chi connectivity index (χ1v) is 10.3. The zero-order chi connectivity index (χ0) is 23.3. The number of amides is 4. The van der Waals surface area contributed by atoms with Crippen LogP contribution in [-0.4, -0.2) is 49.0 Å². The van der Waals surface area contributed by atoms with Crippen LogP contribution >= 0.6 is 11.6 Å². The molecule has 1 aliphatic rings. The van der Waals surface area contributed by atoms with Crippen LogP contribution in [0.3, 0.4) is 0 Å². The van der Waals surface area contributed by atoms with Crippen molar-refractivity contribution in [1.82, 2.24) is 16.0 Å². The van der Waals surface area contributed by atoms with Gasteiger partial charge in [0.1, 0.15) is 0 Å². The van der Waals surface area contributed by atoms with Crippen LogP contribution in [0.15, 0.2) is 18.2 Å². The van der Waals surface area contributed by atoms with Gasteiger partial charge in [-0.3, -0.25) is 24.0 Å². The molecule has 168 valence electrons. The summed E-state index contributed by atoms with van der Waals surface area (Å²) < 4.78 is 0. The molecule has 0 spiro atoms. The van der Waals surface area contributed by atoms with Crippen molar-refractivity contribution in [3.63, 3.8) is 0 Å². The van der Waals surface area contributed by atoms with Gasteiger partial charge < -0.3 is 21.3 Å². The molecule has 0 aromatic heterocycles. The number of anilines is 1. The Kier molecular flexibility index (Phi) is 7.78. The van der Waals surface area contributed by atoms with Crippen molar-refractivity contribution in [2.24, 2.45) is 11.3 Å². The summed E-state index contributed by atoms with van der Waals surface area (Å²) in [5, 5.41) is 10.4. The lowest BCUT2D eigenvalue weighted by molar-refractivity contribution is -0.139. The van der Waals surface area contributed by atoms with E-state index in [2.05, 4.69) is 21.3 Å². The van der Waals surface area contributed by atoms with Gasteiger partial charge in [0.15, 0.2) is 0 Å². The lowest BCUT2D eigenvalue weighted by Crippen LogP contribution is -2.48. The van der Waals surface area contributed by atoms with Crippen molar-refractivity contribution in [2.75, 3.05) is 18.9 Å². The maximum atomic E-state index is 13.0. The Balaban J connectivity index is 2.30. The highest BCUT2D eigenvalue weighted by Gasteiger charge is 2.34. The van der Waals surface area contributed by atoms with Crippen molar-refractivity contribution in [1.29, 1.82) is 0 Å². The third-order valence-electron chi connectivity index (χ3n) is 4.91. The first-order valence-electron chi connectivity index (χ1n) is 9.89. The second kappa shape index (κ2) is 9.91. The molecule has 0 radical (unpaired) electrons. The van der Waals surface area contributed by atoms with Gasteiger partial charge >= 0.3 is 0 Å². The van der Waals surface area contributed by atoms with Gasteiger partial charge in [-0.1, -0.05) is 32.4 Å². The molecule has 0 bridgehead atoms. The fourth-order valence-electron chi connectivity index (χ4n) is 3.03. The molecule has 9 nitrogen and oxygen atoms in total. The predicted molar refractivity (Wildman–Crippen MR) is 116 cm³/mol. The maximum absolute atomic E-state index is 13.0. The molecule has 0 saturated carbocycles.